The summed E-state index contributed by atoms with van der Waals surface area (Å²) in [5.41, 5.74) is -0.369. The predicted octanol–water partition coefficient (Wildman–Crippen LogP) is 4.90. The lowest BCUT2D eigenvalue weighted by molar-refractivity contribution is -0.136. The molecule has 2 heterocycles. The number of hydrogen-bond donors (Lipinski definition) is 1. The van der Waals surface area contributed by atoms with Crippen LogP contribution >= 0.6 is 23.2 Å². The van der Waals surface area contributed by atoms with Crippen LogP contribution in [0.4, 0.5) is 5.69 Å². The Labute approximate surface area is 177 Å². The van der Waals surface area contributed by atoms with Crippen LogP contribution in [0.25, 0.3) is 0 Å². The lowest BCUT2D eigenvalue weighted by Crippen LogP contribution is -2.41. The molecule has 1 aromatic heterocycles. The predicted molar refractivity (Wildman–Crippen MR) is 110 cm³/mol. The molecule has 0 saturated carbocycles. The van der Waals surface area contributed by atoms with Gasteiger partial charge in [0, 0.05) is 15.6 Å². The normalized spacial score (nSPS) is 18.2. The zero-order valence-corrected chi connectivity index (χ0v) is 17.0. The molecular formula is C22H17Cl2NO4. The summed E-state index contributed by atoms with van der Waals surface area (Å²) in [5, 5.41) is 12.3. The molecule has 5 nitrogen and oxygen atoms in total. The number of carbonyl (C=O) groups excluding carboxylic acids is 2. The van der Waals surface area contributed by atoms with Gasteiger partial charge in [0.2, 0.25) is 5.78 Å². The summed E-state index contributed by atoms with van der Waals surface area (Å²) in [6, 6.07) is 15.1. The molecule has 1 aliphatic rings. The minimum atomic E-state index is -2.02. The number of carbonyl (C=O) groups is 2. The van der Waals surface area contributed by atoms with E-state index in [4.69, 9.17) is 27.6 Å². The summed E-state index contributed by atoms with van der Waals surface area (Å²) in [5.74, 6) is -0.371. The standard InChI is InChI=1S/C22H17Cl2NO4/c1-13-2-9-20(29-13)19(26)11-22(28)17-10-16(24)7-8-18(17)25(21(22)27)12-14-3-5-15(23)6-4-14/h2-10,28H,11-12H2,1H3/t22-/m1/s1. The fourth-order valence-electron chi connectivity index (χ4n) is 3.53. The number of Topliss-reactive ketones (excluding diaryl/α,β-unsaturated/α-hetero) is 1. The van der Waals surface area contributed by atoms with Crippen LogP contribution in [0.2, 0.25) is 10.0 Å². The molecule has 2 aromatic carbocycles. The van der Waals surface area contributed by atoms with Crippen LogP contribution in [-0.4, -0.2) is 16.8 Å². The van der Waals surface area contributed by atoms with Gasteiger partial charge in [-0.15, -0.1) is 0 Å². The van der Waals surface area contributed by atoms with Gasteiger partial charge in [0.25, 0.3) is 5.91 Å². The molecule has 1 atom stereocenters. The zero-order chi connectivity index (χ0) is 20.8. The maximum Gasteiger partial charge on any atom is 0.264 e. The molecule has 3 aromatic rings. The number of hydrogen-bond acceptors (Lipinski definition) is 4. The van der Waals surface area contributed by atoms with Gasteiger partial charge in [0.05, 0.1) is 18.7 Å². The molecule has 1 aliphatic heterocycles. The van der Waals surface area contributed by atoms with Crippen molar-refractivity contribution in [2.45, 2.75) is 25.5 Å². The highest BCUT2D eigenvalue weighted by Crippen LogP contribution is 2.44. The van der Waals surface area contributed by atoms with E-state index in [2.05, 4.69) is 0 Å². The summed E-state index contributed by atoms with van der Waals surface area (Å²) in [7, 11) is 0. The molecule has 0 spiro atoms. The Morgan fingerprint density at radius 1 is 1.07 bits per heavy atom. The molecule has 0 fully saturated rings. The summed E-state index contributed by atoms with van der Waals surface area (Å²) < 4.78 is 5.36. The van der Waals surface area contributed by atoms with Crippen molar-refractivity contribution >= 4 is 40.6 Å². The Kier molecular flexibility index (Phi) is 4.99. The van der Waals surface area contributed by atoms with Gasteiger partial charge >= 0.3 is 0 Å². The lowest BCUT2D eigenvalue weighted by atomic mass is 9.89. The molecule has 148 valence electrons. The molecule has 7 heteroatoms. The van der Waals surface area contributed by atoms with Gasteiger partial charge in [-0.1, -0.05) is 35.3 Å². The van der Waals surface area contributed by atoms with Gasteiger partial charge in [0.15, 0.2) is 11.4 Å². The van der Waals surface area contributed by atoms with Gasteiger partial charge in [-0.2, -0.15) is 0 Å². The first-order valence-electron chi connectivity index (χ1n) is 8.96. The lowest BCUT2D eigenvalue weighted by Gasteiger charge is -2.22. The number of nitrogens with zero attached hydrogens (tertiary/aromatic N) is 1. The topological polar surface area (TPSA) is 70.8 Å². The Bertz CT molecular complexity index is 1110. The third-order valence-corrected chi connectivity index (χ3v) is 5.47. The maximum atomic E-state index is 13.3. The highest BCUT2D eigenvalue weighted by molar-refractivity contribution is 6.31. The molecule has 4 rings (SSSR count). The van der Waals surface area contributed by atoms with E-state index in [1.807, 2.05) is 0 Å². The number of furan rings is 1. The summed E-state index contributed by atoms with van der Waals surface area (Å²) >= 11 is 12.1. The molecule has 29 heavy (non-hydrogen) atoms. The van der Waals surface area contributed by atoms with E-state index in [1.54, 1.807) is 49.4 Å². The van der Waals surface area contributed by atoms with Crippen molar-refractivity contribution in [2.24, 2.45) is 0 Å². The largest absolute Gasteiger partial charge is 0.458 e. The third-order valence-electron chi connectivity index (χ3n) is 4.98. The van der Waals surface area contributed by atoms with Crippen LogP contribution in [0.3, 0.4) is 0 Å². The van der Waals surface area contributed by atoms with E-state index < -0.39 is 23.7 Å². The summed E-state index contributed by atoms with van der Waals surface area (Å²) in [6.07, 6.45) is -0.441. The number of aliphatic hydroxyl groups is 1. The Hall–Kier alpha value is -2.60. The van der Waals surface area contributed by atoms with Crippen LogP contribution < -0.4 is 4.90 Å². The quantitative estimate of drug-likeness (QED) is 0.585. The number of benzene rings is 2. The molecule has 1 amide bonds. The molecule has 0 saturated heterocycles. The number of halogens is 2. The van der Waals surface area contributed by atoms with Crippen LogP contribution in [0, 0.1) is 6.92 Å². The maximum absolute atomic E-state index is 13.3. The van der Waals surface area contributed by atoms with Gasteiger partial charge in [-0.3, -0.25) is 9.59 Å². The van der Waals surface area contributed by atoms with Crippen molar-refractivity contribution in [1.29, 1.82) is 0 Å². The van der Waals surface area contributed by atoms with E-state index in [9.17, 15) is 14.7 Å². The number of anilines is 1. The first kappa shape index (κ1) is 19.7. The fourth-order valence-corrected chi connectivity index (χ4v) is 3.82. The minimum absolute atomic E-state index is 0.100. The Morgan fingerprint density at radius 3 is 2.41 bits per heavy atom. The highest BCUT2D eigenvalue weighted by Gasteiger charge is 2.51. The second kappa shape index (κ2) is 7.34. The molecule has 1 N–H and O–H groups in total. The number of fused-ring (bicyclic) bond motifs is 1. The van der Waals surface area contributed by atoms with E-state index >= 15 is 0 Å². The smallest absolute Gasteiger partial charge is 0.264 e. The number of rotatable bonds is 5. The minimum Gasteiger partial charge on any atom is -0.458 e. The van der Waals surface area contributed by atoms with E-state index in [0.717, 1.165) is 5.56 Å². The highest BCUT2D eigenvalue weighted by atomic mass is 35.5. The molecule has 0 radical (unpaired) electrons. The molecule has 0 bridgehead atoms. The Morgan fingerprint density at radius 2 is 1.76 bits per heavy atom. The molecule has 0 aliphatic carbocycles. The third kappa shape index (κ3) is 3.57. The average Bonchev–Trinajstić information content (AvgIpc) is 3.20. The van der Waals surface area contributed by atoms with Crippen LogP contribution in [0.15, 0.2) is 59.0 Å². The van der Waals surface area contributed by atoms with Gasteiger partial charge < -0.3 is 14.4 Å². The average molecular weight is 430 g/mol. The van der Waals surface area contributed by atoms with Gasteiger partial charge in [0.1, 0.15) is 5.76 Å². The number of ketones is 1. The van der Waals surface area contributed by atoms with Crippen molar-refractivity contribution < 1.29 is 19.1 Å². The second-order valence-corrected chi connectivity index (χ2v) is 7.92. The monoisotopic (exact) mass is 429 g/mol. The van der Waals surface area contributed by atoms with Crippen LogP contribution in [-0.2, 0) is 16.9 Å². The zero-order valence-electron chi connectivity index (χ0n) is 15.5. The second-order valence-electron chi connectivity index (χ2n) is 7.05. The first-order valence-corrected chi connectivity index (χ1v) is 9.72. The van der Waals surface area contributed by atoms with Crippen molar-refractivity contribution in [3.05, 3.63) is 87.3 Å². The van der Waals surface area contributed by atoms with Crippen LogP contribution in [0.1, 0.15) is 33.9 Å². The van der Waals surface area contributed by atoms with Crippen molar-refractivity contribution in [3.8, 4) is 0 Å². The van der Waals surface area contributed by atoms with Crippen molar-refractivity contribution in [2.75, 3.05) is 4.90 Å². The first-order chi connectivity index (χ1) is 13.8. The van der Waals surface area contributed by atoms with Crippen molar-refractivity contribution in [1.82, 2.24) is 0 Å². The van der Waals surface area contributed by atoms with E-state index in [-0.39, 0.29) is 12.3 Å². The Balaban J connectivity index is 1.71. The van der Waals surface area contributed by atoms with Crippen molar-refractivity contribution in [3.63, 3.8) is 0 Å². The summed E-state index contributed by atoms with van der Waals surface area (Å²) in [4.78, 5) is 27.4. The molecular weight excluding hydrogens is 413 g/mol. The van der Waals surface area contributed by atoms with Crippen LogP contribution in [0.5, 0.6) is 0 Å². The molecule has 0 unspecified atom stereocenters. The van der Waals surface area contributed by atoms with Gasteiger partial charge in [-0.05, 0) is 55.0 Å². The fraction of sp³-hybridized carbons (Fsp3) is 0.182. The summed E-state index contributed by atoms with van der Waals surface area (Å²) in [6.45, 7) is 1.94. The van der Waals surface area contributed by atoms with E-state index in [0.29, 0.717) is 27.1 Å². The van der Waals surface area contributed by atoms with Gasteiger partial charge in [-0.25, -0.2) is 0 Å². The SMILES string of the molecule is Cc1ccc(C(=O)C[C@]2(O)C(=O)N(Cc3ccc(Cl)cc3)c3ccc(Cl)cc32)o1. The number of aryl methyl sites for hydroxylation is 1. The number of amides is 1. The van der Waals surface area contributed by atoms with E-state index in [1.165, 1.54) is 17.0 Å².